The molecule has 1 saturated carbocycles. The van der Waals surface area contributed by atoms with Crippen molar-refractivity contribution in [1.29, 1.82) is 0 Å². The summed E-state index contributed by atoms with van der Waals surface area (Å²) in [5, 5.41) is 0.740. The molecule has 1 aromatic rings. The van der Waals surface area contributed by atoms with Crippen molar-refractivity contribution < 1.29 is 4.74 Å². The van der Waals surface area contributed by atoms with Gasteiger partial charge in [0.15, 0.2) is 0 Å². The summed E-state index contributed by atoms with van der Waals surface area (Å²) in [7, 11) is 0. The number of rotatable bonds is 1. The molecule has 0 saturated heterocycles. The molecule has 2 aliphatic rings. The van der Waals surface area contributed by atoms with Crippen LogP contribution < -0.4 is 10.5 Å². The molecular weight excluding hydrogens is 258 g/mol. The fourth-order valence-electron chi connectivity index (χ4n) is 3.91. The van der Waals surface area contributed by atoms with E-state index in [1.165, 1.54) is 25.7 Å². The van der Waals surface area contributed by atoms with E-state index in [-0.39, 0.29) is 11.6 Å². The third kappa shape index (κ3) is 2.25. The van der Waals surface area contributed by atoms with Crippen molar-refractivity contribution in [2.45, 2.75) is 57.1 Å². The number of ether oxygens (including phenoxy) is 1. The van der Waals surface area contributed by atoms with E-state index in [0.29, 0.717) is 5.92 Å². The lowest BCUT2D eigenvalue weighted by Gasteiger charge is -2.48. The van der Waals surface area contributed by atoms with Gasteiger partial charge in [0.2, 0.25) is 0 Å². The van der Waals surface area contributed by atoms with Crippen molar-refractivity contribution in [3.63, 3.8) is 0 Å². The first kappa shape index (κ1) is 13.3. The normalized spacial score (nSPS) is 33.8. The van der Waals surface area contributed by atoms with Crippen LogP contribution >= 0.6 is 11.6 Å². The Balaban J connectivity index is 1.97. The van der Waals surface area contributed by atoms with Gasteiger partial charge in [-0.05, 0) is 49.8 Å². The smallest absolute Gasteiger partial charge is 0.125 e. The number of fused-ring (bicyclic) bond motifs is 1. The van der Waals surface area contributed by atoms with Crippen LogP contribution in [0.1, 0.15) is 57.1 Å². The third-order valence-corrected chi connectivity index (χ3v) is 5.12. The van der Waals surface area contributed by atoms with Crippen LogP contribution in [0.15, 0.2) is 18.2 Å². The Bertz CT molecular complexity index is 476. The van der Waals surface area contributed by atoms with E-state index in [1.807, 2.05) is 18.2 Å². The van der Waals surface area contributed by atoms with Crippen molar-refractivity contribution in [1.82, 2.24) is 0 Å². The summed E-state index contributed by atoms with van der Waals surface area (Å²) >= 11 is 6.06. The highest BCUT2D eigenvalue weighted by molar-refractivity contribution is 6.30. The van der Waals surface area contributed by atoms with E-state index in [4.69, 9.17) is 22.1 Å². The summed E-state index contributed by atoms with van der Waals surface area (Å²) in [6.07, 6.45) is 7.10. The van der Waals surface area contributed by atoms with Crippen LogP contribution in [0.4, 0.5) is 0 Å². The summed E-state index contributed by atoms with van der Waals surface area (Å²) in [4.78, 5) is 0. The van der Waals surface area contributed by atoms with Gasteiger partial charge in [-0.15, -0.1) is 0 Å². The zero-order valence-electron chi connectivity index (χ0n) is 11.5. The van der Waals surface area contributed by atoms with Crippen molar-refractivity contribution in [2.75, 3.05) is 0 Å². The van der Waals surface area contributed by atoms with Crippen LogP contribution in [0.3, 0.4) is 0 Å². The molecule has 19 heavy (non-hydrogen) atoms. The van der Waals surface area contributed by atoms with Crippen LogP contribution in [-0.4, -0.2) is 5.60 Å². The summed E-state index contributed by atoms with van der Waals surface area (Å²) in [6, 6.07) is 5.89. The van der Waals surface area contributed by atoms with Crippen LogP contribution in [0.5, 0.6) is 5.75 Å². The molecule has 3 atom stereocenters. The van der Waals surface area contributed by atoms with Gasteiger partial charge < -0.3 is 10.5 Å². The van der Waals surface area contributed by atoms with E-state index >= 15 is 0 Å². The fourth-order valence-corrected chi connectivity index (χ4v) is 4.09. The highest BCUT2D eigenvalue weighted by Gasteiger charge is 2.46. The molecule has 2 nitrogen and oxygen atoms in total. The van der Waals surface area contributed by atoms with Gasteiger partial charge in [-0.3, -0.25) is 0 Å². The molecule has 1 aliphatic carbocycles. The molecule has 0 bridgehead atoms. The minimum absolute atomic E-state index is 0.0345. The highest BCUT2D eigenvalue weighted by Crippen LogP contribution is 2.49. The quantitative estimate of drug-likeness (QED) is 0.824. The van der Waals surface area contributed by atoms with Gasteiger partial charge in [0.05, 0.1) is 0 Å². The Morgan fingerprint density at radius 2 is 2.26 bits per heavy atom. The Morgan fingerprint density at radius 3 is 3.05 bits per heavy atom. The van der Waals surface area contributed by atoms with Crippen molar-refractivity contribution in [3.05, 3.63) is 28.8 Å². The van der Waals surface area contributed by atoms with Crippen molar-refractivity contribution in [3.8, 4) is 5.75 Å². The molecular formula is C16H22ClNO. The van der Waals surface area contributed by atoms with Crippen molar-refractivity contribution in [2.24, 2.45) is 11.7 Å². The highest BCUT2D eigenvalue weighted by atomic mass is 35.5. The van der Waals surface area contributed by atoms with Gasteiger partial charge >= 0.3 is 0 Å². The number of halogens is 1. The van der Waals surface area contributed by atoms with E-state index < -0.39 is 0 Å². The summed E-state index contributed by atoms with van der Waals surface area (Å²) in [5.41, 5.74) is 7.43. The number of hydrogen-bond acceptors (Lipinski definition) is 2. The standard InChI is InChI=1S/C16H22ClNO/c1-2-11-5-3-4-8-16(11)10-14(18)13-9-12(17)6-7-15(13)19-16/h6-7,9,11,14H,2-5,8,10,18H2,1H3/t11?,14-,16?/m1/s1. The monoisotopic (exact) mass is 279 g/mol. The minimum Gasteiger partial charge on any atom is -0.487 e. The molecule has 3 heteroatoms. The third-order valence-electron chi connectivity index (χ3n) is 4.89. The molecule has 1 aliphatic heterocycles. The average Bonchev–Trinajstić information content (AvgIpc) is 2.40. The molecule has 0 aromatic heterocycles. The first-order valence-corrected chi connectivity index (χ1v) is 7.76. The van der Waals surface area contributed by atoms with Gasteiger partial charge in [0.25, 0.3) is 0 Å². The van der Waals surface area contributed by atoms with Gasteiger partial charge in [0, 0.05) is 23.0 Å². The lowest BCUT2D eigenvalue weighted by atomic mass is 9.69. The number of benzene rings is 1. The second kappa shape index (κ2) is 4.99. The zero-order chi connectivity index (χ0) is 13.5. The van der Waals surface area contributed by atoms with Crippen molar-refractivity contribution >= 4 is 11.6 Å². The molecule has 2 N–H and O–H groups in total. The largest absolute Gasteiger partial charge is 0.487 e. The Morgan fingerprint density at radius 1 is 1.42 bits per heavy atom. The maximum absolute atomic E-state index is 6.45. The predicted molar refractivity (Wildman–Crippen MR) is 78.6 cm³/mol. The molecule has 1 spiro atoms. The van der Waals surface area contributed by atoms with E-state index in [9.17, 15) is 0 Å². The Kier molecular flexibility index (Phi) is 3.48. The van der Waals surface area contributed by atoms with Crippen LogP contribution in [0.2, 0.25) is 5.02 Å². The average molecular weight is 280 g/mol. The molecule has 2 unspecified atom stereocenters. The molecule has 3 rings (SSSR count). The van der Waals surface area contributed by atoms with Gasteiger partial charge in [0.1, 0.15) is 11.4 Å². The van der Waals surface area contributed by atoms with E-state index in [1.54, 1.807) is 0 Å². The molecule has 1 heterocycles. The summed E-state index contributed by atoms with van der Waals surface area (Å²) < 4.78 is 6.45. The minimum atomic E-state index is -0.0345. The second-order valence-corrected chi connectivity index (χ2v) is 6.45. The maximum atomic E-state index is 6.45. The van der Waals surface area contributed by atoms with Gasteiger partial charge in [-0.25, -0.2) is 0 Å². The molecule has 1 aromatic carbocycles. The SMILES string of the molecule is CCC1CCCCC12C[C@@H](N)c1cc(Cl)ccc1O2. The van der Waals surface area contributed by atoms with E-state index in [2.05, 4.69) is 6.92 Å². The summed E-state index contributed by atoms with van der Waals surface area (Å²) in [5.74, 6) is 1.58. The van der Waals surface area contributed by atoms with Crippen LogP contribution in [0.25, 0.3) is 0 Å². The topological polar surface area (TPSA) is 35.2 Å². The molecule has 104 valence electrons. The fraction of sp³-hybridized carbons (Fsp3) is 0.625. The Labute approximate surface area is 120 Å². The first-order chi connectivity index (χ1) is 9.14. The maximum Gasteiger partial charge on any atom is 0.125 e. The zero-order valence-corrected chi connectivity index (χ0v) is 12.2. The second-order valence-electron chi connectivity index (χ2n) is 6.01. The molecule has 1 fully saturated rings. The van der Waals surface area contributed by atoms with Gasteiger partial charge in [-0.1, -0.05) is 24.9 Å². The Hall–Kier alpha value is -0.730. The predicted octanol–water partition coefficient (Wildman–Crippen LogP) is 4.46. The number of nitrogens with two attached hydrogens (primary N) is 1. The van der Waals surface area contributed by atoms with Gasteiger partial charge in [-0.2, -0.15) is 0 Å². The molecule has 0 radical (unpaired) electrons. The van der Waals surface area contributed by atoms with Crippen LogP contribution in [0, 0.1) is 5.92 Å². The van der Waals surface area contributed by atoms with Crippen LogP contribution in [-0.2, 0) is 0 Å². The first-order valence-electron chi connectivity index (χ1n) is 7.38. The summed E-state index contributed by atoms with van der Waals surface area (Å²) in [6.45, 7) is 2.27. The molecule has 0 amide bonds. The van der Waals surface area contributed by atoms with E-state index in [0.717, 1.165) is 29.2 Å². The number of hydrogen-bond donors (Lipinski definition) is 1. The lowest BCUT2D eigenvalue weighted by Crippen LogP contribution is -2.50. The lowest BCUT2D eigenvalue weighted by molar-refractivity contribution is -0.0489.